The van der Waals surface area contributed by atoms with Gasteiger partial charge in [0.1, 0.15) is 6.04 Å². The Balaban J connectivity index is 1.97. The van der Waals surface area contributed by atoms with E-state index in [9.17, 15) is 0 Å². The van der Waals surface area contributed by atoms with Crippen molar-refractivity contribution < 1.29 is 0 Å². The van der Waals surface area contributed by atoms with Crippen molar-refractivity contribution in [1.29, 1.82) is 5.26 Å². The van der Waals surface area contributed by atoms with Crippen LogP contribution in [0.1, 0.15) is 17.4 Å². The molecule has 0 saturated carbocycles. The normalized spacial score (nSPS) is 11.9. The van der Waals surface area contributed by atoms with Crippen LogP contribution < -0.4 is 5.32 Å². The fourth-order valence-electron chi connectivity index (χ4n) is 1.46. The summed E-state index contributed by atoms with van der Waals surface area (Å²) < 4.78 is 0. The molecule has 80 valence electrons. The molecule has 4 heteroatoms. The van der Waals surface area contributed by atoms with E-state index < -0.39 is 0 Å². The summed E-state index contributed by atoms with van der Waals surface area (Å²) in [7, 11) is 0. The number of rotatable bonds is 4. The summed E-state index contributed by atoms with van der Waals surface area (Å²) in [6.07, 6.45) is 3.55. The topological polar surface area (TPSA) is 64.5 Å². The molecule has 2 aromatic rings. The molecule has 0 aromatic carbocycles. The largest absolute Gasteiger partial charge is 0.363 e. The molecule has 0 fully saturated rings. The molecule has 0 saturated heterocycles. The second-order valence-corrected chi connectivity index (χ2v) is 3.39. The SMILES string of the molecule is N#CC(NCc1ccccn1)c1ccc[nH]1. The molecule has 2 heterocycles. The van der Waals surface area contributed by atoms with Crippen LogP contribution >= 0.6 is 0 Å². The standard InChI is InChI=1S/C12H12N4/c13-8-12(11-5-3-7-15-11)16-9-10-4-1-2-6-14-10/h1-7,12,15-16H,9H2. The average Bonchev–Trinajstić information content (AvgIpc) is 2.85. The van der Waals surface area contributed by atoms with Crippen LogP contribution in [0.5, 0.6) is 0 Å². The molecule has 1 unspecified atom stereocenters. The number of aromatic nitrogens is 2. The molecule has 0 aliphatic carbocycles. The van der Waals surface area contributed by atoms with Gasteiger partial charge in [0.05, 0.1) is 11.8 Å². The third-order valence-corrected chi connectivity index (χ3v) is 2.28. The van der Waals surface area contributed by atoms with Crippen molar-refractivity contribution in [2.45, 2.75) is 12.6 Å². The number of aromatic amines is 1. The van der Waals surface area contributed by atoms with Crippen LogP contribution in [0.4, 0.5) is 0 Å². The number of nitrogens with zero attached hydrogens (tertiary/aromatic N) is 2. The van der Waals surface area contributed by atoms with Crippen LogP contribution in [0.25, 0.3) is 0 Å². The predicted molar refractivity (Wildman–Crippen MR) is 60.2 cm³/mol. The van der Waals surface area contributed by atoms with E-state index in [2.05, 4.69) is 21.4 Å². The summed E-state index contributed by atoms with van der Waals surface area (Å²) in [6.45, 7) is 0.581. The minimum absolute atomic E-state index is 0.322. The Morgan fingerprint density at radius 2 is 2.31 bits per heavy atom. The fraction of sp³-hybridized carbons (Fsp3) is 0.167. The van der Waals surface area contributed by atoms with Crippen molar-refractivity contribution in [2.75, 3.05) is 0 Å². The Morgan fingerprint density at radius 3 is 2.94 bits per heavy atom. The van der Waals surface area contributed by atoms with Gasteiger partial charge in [0, 0.05) is 24.6 Å². The Kier molecular flexibility index (Phi) is 3.31. The highest BCUT2D eigenvalue weighted by Crippen LogP contribution is 2.09. The minimum Gasteiger partial charge on any atom is -0.363 e. The molecule has 0 spiro atoms. The molecule has 0 radical (unpaired) electrons. The lowest BCUT2D eigenvalue weighted by Gasteiger charge is -2.09. The zero-order chi connectivity index (χ0) is 11.2. The summed E-state index contributed by atoms with van der Waals surface area (Å²) >= 11 is 0. The molecule has 1 atom stereocenters. The Labute approximate surface area is 94.0 Å². The van der Waals surface area contributed by atoms with Gasteiger partial charge in [-0.15, -0.1) is 0 Å². The third kappa shape index (κ3) is 2.47. The van der Waals surface area contributed by atoms with Crippen molar-refractivity contribution in [3.63, 3.8) is 0 Å². The number of pyridine rings is 1. The molecule has 0 amide bonds. The van der Waals surface area contributed by atoms with Gasteiger partial charge in [-0.05, 0) is 24.3 Å². The Morgan fingerprint density at radius 1 is 1.38 bits per heavy atom. The molecule has 2 aromatic heterocycles. The summed E-state index contributed by atoms with van der Waals surface area (Å²) in [6, 6.07) is 11.4. The van der Waals surface area contributed by atoms with Crippen molar-refractivity contribution in [2.24, 2.45) is 0 Å². The Hall–Kier alpha value is -2.12. The van der Waals surface area contributed by atoms with Crippen molar-refractivity contribution in [3.8, 4) is 6.07 Å². The lowest BCUT2D eigenvalue weighted by Crippen LogP contribution is -2.20. The van der Waals surface area contributed by atoms with E-state index in [-0.39, 0.29) is 6.04 Å². The highest BCUT2D eigenvalue weighted by Gasteiger charge is 2.09. The van der Waals surface area contributed by atoms with E-state index in [1.165, 1.54) is 0 Å². The number of H-pyrrole nitrogens is 1. The first kappa shape index (κ1) is 10.4. The smallest absolute Gasteiger partial charge is 0.136 e. The molecule has 0 aliphatic rings. The summed E-state index contributed by atoms with van der Waals surface area (Å²) in [5, 5.41) is 12.2. The van der Waals surface area contributed by atoms with Crippen LogP contribution in [-0.4, -0.2) is 9.97 Å². The van der Waals surface area contributed by atoms with Crippen molar-refractivity contribution in [1.82, 2.24) is 15.3 Å². The first-order valence-electron chi connectivity index (χ1n) is 5.06. The molecule has 16 heavy (non-hydrogen) atoms. The van der Waals surface area contributed by atoms with Gasteiger partial charge in [-0.25, -0.2) is 0 Å². The molecule has 0 bridgehead atoms. The number of nitriles is 1. The quantitative estimate of drug-likeness (QED) is 0.811. The summed E-state index contributed by atoms with van der Waals surface area (Å²) in [4.78, 5) is 7.20. The molecular weight excluding hydrogens is 200 g/mol. The second-order valence-electron chi connectivity index (χ2n) is 3.39. The fourth-order valence-corrected chi connectivity index (χ4v) is 1.46. The van der Waals surface area contributed by atoms with Gasteiger partial charge in [0.2, 0.25) is 0 Å². The maximum atomic E-state index is 9.02. The Bertz CT molecular complexity index is 456. The van der Waals surface area contributed by atoms with Crippen LogP contribution in [0.3, 0.4) is 0 Å². The highest BCUT2D eigenvalue weighted by atomic mass is 15.0. The molecule has 0 aliphatic heterocycles. The second kappa shape index (κ2) is 5.10. The van der Waals surface area contributed by atoms with Crippen LogP contribution in [0.15, 0.2) is 42.7 Å². The zero-order valence-electron chi connectivity index (χ0n) is 8.72. The number of hydrogen-bond acceptors (Lipinski definition) is 3. The van der Waals surface area contributed by atoms with Gasteiger partial charge in [-0.1, -0.05) is 6.07 Å². The highest BCUT2D eigenvalue weighted by molar-refractivity contribution is 5.16. The summed E-state index contributed by atoms with van der Waals surface area (Å²) in [5.41, 5.74) is 1.80. The first-order valence-corrected chi connectivity index (χ1v) is 5.06. The molecule has 4 nitrogen and oxygen atoms in total. The first-order chi connectivity index (χ1) is 7.90. The maximum absolute atomic E-state index is 9.02. The van der Waals surface area contributed by atoms with Crippen LogP contribution in [0.2, 0.25) is 0 Å². The number of hydrogen-bond donors (Lipinski definition) is 2. The van der Waals surface area contributed by atoms with Gasteiger partial charge in [0.25, 0.3) is 0 Å². The summed E-state index contributed by atoms with van der Waals surface area (Å²) in [5.74, 6) is 0. The minimum atomic E-state index is -0.322. The molecule has 2 rings (SSSR count). The van der Waals surface area contributed by atoms with Gasteiger partial charge < -0.3 is 4.98 Å². The van der Waals surface area contributed by atoms with Crippen LogP contribution in [0, 0.1) is 11.3 Å². The van der Waals surface area contributed by atoms with E-state index in [0.29, 0.717) is 6.54 Å². The monoisotopic (exact) mass is 212 g/mol. The van der Waals surface area contributed by atoms with Gasteiger partial charge in [-0.2, -0.15) is 5.26 Å². The lowest BCUT2D eigenvalue weighted by atomic mass is 10.2. The van der Waals surface area contributed by atoms with E-state index in [1.54, 1.807) is 6.20 Å². The zero-order valence-corrected chi connectivity index (χ0v) is 8.72. The molecule has 2 N–H and O–H groups in total. The number of nitrogens with one attached hydrogen (secondary N) is 2. The molecular formula is C12H12N4. The third-order valence-electron chi connectivity index (χ3n) is 2.28. The van der Waals surface area contributed by atoms with E-state index in [1.807, 2.05) is 36.5 Å². The van der Waals surface area contributed by atoms with Crippen molar-refractivity contribution in [3.05, 3.63) is 54.1 Å². The maximum Gasteiger partial charge on any atom is 0.136 e. The average molecular weight is 212 g/mol. The lowest BCUT2D eigenvalue weighted by molar-refractivity contribution is 0.610. The van der Waals surface area contributed by atoms with E-state index in [0.717, 1.165) is 11.4 Å². The van der Waals surface area contributed by atoms with Gasteiger partial charge in [-0.3, -0.25) is 10.3 Å². The predicted octanol–water partition coefficient (Wildman–Crippen LogP) is 1.76. The van der Waals surface area contributed by atoms with Crippen LogP contribution in [-0.2, 0) is 6.54 Å². The van der Waals surface area contributed by atoms with Gasteiger partial charge in [0.15, 0.2) is 0 Å². The van der Waals surface area contributed by atoms with Crippen molar-refractivity contribution >= 4 is 0 Å². The van der Waals surface area contributed by atoms with E-state index in [4.69, 9.17) is 5.26 Å². The van der Waals surface area contributed by atoms with Gasteiger partial charge >= 0.3 is 0 Å². The van der Waals surface area contributed by atoms with E-state index >= 15 is 0 Å².